The summed E-state index contributed by atoms with van der Waals surface area (Å²) < 4.78 is 1.23. The van der Waals surface area contributed by atoms with Crippen LogP contribution in [0.2, 0.25) is 0 Å². The molecule has 0 bridgehead atoms. The van der Waals surface area contributed by atoms with Gasteiger partial charge in [0, 0.05) is 34.9 Å². The largest absolute Gasteiger partial charge is 0.392 e. The van der Waals surface area contributed by atoms with Gasteiger partial charge in [-0.15, -0.1) is 11.3 Å². The maximum Gasteiger partial charge on any atom is 0.0702 e. The van der Waals surface area contributed by atoms with E-state index in [0.29, 0.717) is 0 Å². The molecule has 0 saturated carbocycles. The van der Waals surface area contributed by atoms with Crippen LogP contribution in [0.3, 0.4) is 0 Å². The van der Waals surface area contributed by atoms with Crippen molar-refractivity contribution in [2.75, 3.05) is 19.0 Å². The van der Waals surface area contributed by atoms with Gasteiger partial charge >= 0.3 is 0 Å². The molecular weight excluding hydrogens is 266 g/mol. The number of hydrogen-bond acceptors (Lipinski definition) is 3. The summed E-state index contributed by atoms with van der Waals surface area (Å²) in [5, 5.41) is 10.9. The van der Waals surface area contributed by atoms with Crippen molar-refractivity contribution in [1.82, 2.24) is 0 Å². The Hall–Kier alpha value is -1.84. The Balaban J connectivity index is 2.13. The van der Waals surface area contributed by atoms with Crippen LogP contribution < -0.4 is 4.90 Å². The molecule has 20 heavy (non-hydrogen) atoms. The molecule has 1 N–H and O–H groups in total. The van der Waals surface area contributed by atoms with Gasteiger partial charge in [0.2, 0.25) is 0 Å². The van der Waals surface area contributed by atoms with Crippen LogP contribution in [0.4, 0.5) is 5.69 Å². The molecule has 1 heterocycles. The zero-order valence-corrected chi connectivity index (χ0v) is 12.4. The van der Waals surface area contributed by atoms with E-state index in [4.69, 9.17) is 0 Å². The van der Waals surface area contributed by atoms with Crippen molar-refractivity contribution in [2.45, 2.75) is 6.61 Å². The van der Waals surface area contributed by atoms with Gasteiger partial charge in [0.05, 0.1) is 6.61 Å². The summed E-state index contributed by atoms with van der Waals surface area (Å²) in [6.07, 6.45) is 0. The lowest BCUT2D eigenvalue weighted by Crippen LogP contribution is -2.07. The Kier molecular flexibility index (Phi) is 3.47. The van der Waals surface area contributed by atoms with Crippen molar-refractivity contribution < 1.29 is 5.11 Å². The van der Waals surface area contributed by atoms with Crippen molar-refractivity contribution in [3.8, 4) is 10.4 Å². The lowest BCUT2D eigenvalue weighted by Gasteiger charge is -2.12. The molecule has 3 heteroatoms. The van der Waals surface area contributed by atoms with Gasteiger partial charge < -0.3 is 10.0 Å². The molecule has 0 atom stereocenters. The first-order valence-corrected chi connectivity index (χ1v) is 7.41. The highest BCUT2D eigenvalue weighted by atomic mass is 32.1. The van der Waals surface area contributed by atoms with Crippen molar-refractivity contribution in [3.05, 3.63) is 54.1 Å². The van der Waals surface area contributed by atoms with Crippen molar-refractivity contribution in [2.24, 2.45) is 0 Å². The predicted molar refractivity (Wildman–Crippen MR) is 87.5 cm³/mol. The minimum atomic E-state index is 0.0782. The third-order valence-corrected chi connectivity index (χ3v) is 4.76. The lowest BCUT2D eigenvalue weighted by molar-refractivity contribution is 0.284. The predicted octanol–water partition coefficient (Wildman–Crippen LogP) is 4.13. The summed E-state index contributed by atoms with van der Waals surface area (Å²) in [6.45, 7) is 0.0782. The highest BCUT2D eigenvalue weighted by Crippen LogP contribution is 2.38. The second kappa shape index (κ2) is 5.27. The van der Waals surface area contributed by atoms with E-state index in [1.165, 1.54) is 20.8 Å². The van der Waals surface area contributed by atoms with E-state index in [1.54, 1.807) is 11.3 Å². The maximum atomic E-state index is 9.71. The van der Waals surface area contributed by atoms with Crippen LogP contribution in [0.5, 0.6) is 0 Å². The third kappa shape index (κ3) is 2.19. The van der Waals surface area contributed by atoms with E-state index >= 15 is 0 Å². The molecule has 0 aliphatic heterocycles. The minimum absolute atomic E-state index is 0.0782. The highest BCUT2D eigenvalue weighted by Gasteiger charge is 2.12. The molecule has 0 fully saturated rings. The van der Waals surface area contributed by atoms with Gasteiger partial charge in [-0.1, -0.05) is 30.3 Å². The first kappa shape index (κ1) is 13.2. The second-order valence-corrected chi connectivity index (χ2v) is 6.06. The fraction of sp³-hybridized carbons (Fsp3) is 0.176. The summed E-state index contributed by atoms with van der Waals surface area (Å²) in [7, 11) is 4.07. The Morgan fingerprint density at radius 1 is 1.00 bits per heavy atom. The molecule has 0 aliphatic rings. The first-order valence-electron chi connectivity index (χ1n) is 6.59. The number of rotatable bonds is 3. The van der Waals surface area contributed by atoms with Crippen LogP contribution >= 0.6 is 11.3 Å². The average Bonchev–Trinajstić information content (AvgIpc) is 2.85. The van der Waals surface area contributed by atoms with Crippen LogP contribution in [-0.2, 0) is 6.61 Å². The van der Waals surface area contributed by atoms with E-state index in [9.17, 15) is 5.11 Å². The van der Waals surface area contributed by atoms with Crippen LogP contribution in [0, 0.1) is 0 Å². The monoisotopic (exact) mass is 283 g/mol. The van der Waals surface area contributed by atoms with Gasteiger partial charge in [-0.2, -0.15) is 0 Å². The van der Waals surface area contributed by atoms with Gasteiger partial charge in [-0.05, 0) is 29.1 Å². The lowest BCUT2D eigenvalue weighted by atomic mass is 10.1. The zero-order valence-electron chi connectivity index (χ0n) is 11.6. The van der Waals surface area contributed by atoms with Gasteiger partial charge in [0.25, 0.3) is 0 Å². The Morgan fingerprint density at radius 3 is 2.35 bits per heavy atom. The van der Waals surface area contributed by atoms with Gasteiger partial charge in [0.15, 0.2) is 0 Å². The van der Waals surface area contributed by atoms with Crippen molar-refractivity contribution in [3.63, 3.8) is 0 Å². The fourth-order valence-electron chi connectivity index (χ4n) is 2.40. The van der Waals surface area contributed by atoms with Crippen LogP contribution in [-0.4, -0.2) is 19.2 Å². The molecule has 0 saturated heterocycles. The number of aliphatic hydroxyl groups excluding tert-OH is 1. The Morgan fingerprint density at radius 2 is 1.70 bits per heavy atom. The molecule has 0 radical (unpaired) electrons. The average molecular weight is 283 g/mol. The molecule has 0 aliphatic carbocycles. The molecular formula is C17H17NOS. The number of aliphatic hydroxyl groups is 1. The standard InChI is InChI=1S/C17H17NOS/c1-18(2)13-9-7-12(8-10-13)17-15(11-19)14-5-3-4-6-16(14)20-17/h3-10,19H,11H2,1-2H3. The minimum Gasteiger partial charge on any atom is -0.392 e. The van der Waals surface area contributed by atoms with E-state index in [1.807, 2.05) is 26.2 Å². The molecule has 2 nitrogen and oxygen atoms in total. The maximum absolute atomic E-state index is 9.71. The van der Waals surface area contributed by atoms with Crippen LogP contribution in [0.25, 0.3) is 20.5 Å². The molecule has 0 amide bonds. The number of anilines is 1. The zero-order chi connectivity index (χ0) is 14.1. The normalized spacial score (nSPS) is 10.9. The Bertz CT molecular complexity index is 728. The molecule has 3 rings (SSSR count). The third-order valence-electron chi connectivity index (χ3n) is 3.50. The van der Waals surface area contributed by atoms with Crippen molar-refractivity contribution in [1.29, 1.82) is 0 Å². The van der Waals surface area contributed by atoms with Crippen molar-refractivity contribution >= 4 is 27.1 Å². The molecule has 2 aromatic carbocycles. The topological polar surface area (TPSA) is 23.5 Å². The van der Waals surface area contributed by atoms with Gasteiger partial charge in [-0.25, -0.2) is 0 Å². The summed E-state index contributed by atoms with van der Waals surface area (Å²) in [5.41, 5.74) is 3.38. The van der Waals surface area contributed by atoms with Gasteiger partial charge in [-0.3, -0.25) is 0 Å². The number of thiophene rings is 1. The Labute approximate surface area is 122 Å². The van der Waals surface area contributed by atoms with E-state index in [-0.39, 0.29) is 6.61 Å². The summed E-state index contributed by atoms with van der Waals surface area (Å²) >= 11 is 1.74. The SMILES string of the molecule is CN(C)c1ccc(-c2sc3ccccc3c2CO)cc1. The van der Waals surface area contributed by atoms with E-state index in [0.717, 1.165) is 10.9 Å². The fourth-order valence-corrected chi connectivity index (χ4v) is 3.62. The molecule has 0 unspecified atom stereocenters. The number of benzene rings is 2. The summed E-state index contributed by atoms with van der Waals surface area (Å²) in [5.74, 6) is 0. The second-order valence-electron chi connectivity index (χ2n) is 5.01. The van der Waals surface area contributed by atoms with Crippen LogP contribution in [0.1, 0.15) is 5.56 Å². The number of hydrogen-bond donors (Lipinski definition) is 1. The van der Waals surface area contributed by atoms with Gasteiger partial charge in [0.1, 0.15) is 0 Å². The molecule has 0 spiro atoms. The molecule has 1 aromatic heterocycles. The smallest absolute Gasteiger partial charge is 0.0702 e. The molecule has 3 aromatic rings. The summed E-state index contributed by atoms with van der Waals surface area (Å²) in [4.78, 5) is 3.25. The number of nitrogens with zero attached hydrogens (tertiary/aromatic N) is 1. The van der Waals surface area contributed by atoms with E-state index in [2.05, 4.69) is 41.3 Å². The quantitative estimate of drug-likeness (QED) is 0.781. The molecule has 102 valence electrons. The number of fused-ring (bicyclic) bond motifs is 1. The van der Waals surface area contributed by atoms with E-state index < -0.39 is 0 Å². The first-order chi connectivity index (χ1) is 9.70. The van der Waals surface area contributed by atoms with Crippen LogP contribution in [0.15, 0.2) is 48.5 Å². The summed E-state index contributed by atoms with van der Waals surface area (Å²) in [6, 6.07) is 16.7. The highest BCUT2D eigenvalue weighted by molar-refractivity contribution is 7.22.